The molecule has 0 bridgehead atoms. The fourth-order valence-corrected chi connectivity index (χ4v) is 2.66. The van der Waals surface area contributed by atoms with E-state index in [4.69, 9.17) is 4.74 Å². The molecule has 0 atom stereocenters. The molecule has 1 amide bonds. The zero-order valence-corrected chi connectivity index (χ0v) is 13.1. The lowest BCUT2D eigenvalue weighted by Gasteiger charge is -2.10. The number of carbonyl (C=O) groups is 1. The Balaban J connectivity index is 2.13. The molecule has 0 aliphatic heterocycles. The van der Waals surface area contributed by atoms with Crippen LogP contribution in [0.3, 0.4) is 0 Å². The van der Waals surface area contributed by atoms with Crippen LogP contribution in [0, 0.1) is 0 Å². The van der Waals surface area contributed by atoms with Gasteiger partial charge in [-0.15, -0.1) is 0 Å². The van der Waals surface area contributed by atoms with Crippen LogP contribution in [-0.2, 0) is 11.5 Å². The van der Waals surface area contributed by atoms with Gasteiger partial charge in [-0.2, -0.15) is 0 Å². The van der Waals surface area contributed by atoms with E-state index in [1.54, 1.807) is 25.6 Å². The number of methoxy groups -OCH3 is 1. The van der Waals surface area contributed by atoms with E-state index in [9.17, 15) is 9.32 Å². The van der Waals surface area contributed by atoms with Crippen molar-refractivity contribution in [1.82, 2.24) is 14.5 Å². The molecule has 0 fully saturated rings. The van der Waals surface area contributed by atoms with Crippen LogP contribution >= 0.6 is 0 Å². The van der Waals surface area contributed by atoms with E-state index in [0.29, 0.717) is 12.4 Å². The first kappa shape index (κ1) is 15.7. The number of fused-ring (bicyclic) bond motifs is 1. The van der Waals surface area contributed by atoms with Crippen molar-refractivity contribution >= 4 is 22.8 Å². The van der Waals surface area contributed by atoms with Crippen molar-refractivity contribution in [2.45, 2.75) is 13.5 Å². The Morgan fingerprint density at radius 2 is 2.21 bits per heavy atom. The third-order valence-corrected chi connectivity index (χ3v) is 3.64. The molecular weight excluding hydrogens is 315 g/mol. The van der Waals surface area contributed by atoms with E-state index in [-0.39, 0.29) is 5.82 Å². The number of aryl methyl sites for hydroxylation is 1. The summed E-state index contributed by atoms with van der Waals surface area (Å²) in [5, 5.41) is 3.03. The quantitative estimate of drug-likeness (QED) is 0.791. The average molecular weight is 330 g/mol. The smallest absolute Gasteiger partial charge is 0.450 e. The van der Waals surface area contributed by atoms with E-state index >= 15 is 0 Å². The second kappa shape index (κ2) is 6.53. The number of hydrogen-bond acceptors (Lipinski definition) is 5. The average Bonchev–Trinajstić information content (AvgIpc) is 2.99. The Morgan fingerprint density at radius 1 is 1.38 bits per heavy atom. The van der Waals surface area contributed by atoms with Gasteiger partial charge < -0.3 is 9.30 Å². The summed E-state index contributed by atoms with van der Waals surface area (Å²) >= 11 is 0. The molecule has 7 nitrogen and oxygen atoms in total. The maximum Gasteiger partial charge on any atom is 0.450 e. The van der Waals surface area contributed by atoms with Crippen LogP contribution in [0.25, 0.3) is 22.2 Å². The third-order valence-electron chi connectivity index (χ3n) is 3.64. The Kier molecular flexibility index (Phi) is 4.28. The molecule has 124 valence electrons. The fourth-order valence-electron chi connectivity index (χ4n) is 2.66. The van der Waals surface area contributed by atoms with E-state index in [2.05, 4.69) is 24.8 Å². The molecule has 0 aliphatic carbocycles. The highest BCUT2D eigenvalue weighted by molar-refractivity contribution is 5.91. The minimum absolute atomic E-state index is 0.197. The van der Waals surface area contributed by atoms with Gasteiger partial charge in [-0.1, -0.05) is 0 Å². The van der Waals surface area contributed by atoms with Crippen molar-refractivity contribution in [3.05, 3.63) is 36.7 Å². The lowest BCUT2D eigenvalue weighted by Crippen LogP contribution is -2.10. The van der Waals surface area contributed by atoms with Crippen molar-refractivity contribution in [3.63, 3.8) is 0 Å². The normalized spacial score (nSPS) is 10.6. The zero-order chi connectivity index (χ0) is 17.1. The van der Waals surface area contributed by atoms with E-state index < -0.39 is 6.09 Å². The summed E-state index contributed by atoms with van der Waals surface area (Å²) < 4.78 is 19.2. The van der Waals surface area contributed by atoms with E-state index in [0.717, 1.165) is 22.2 Å². The monoisotopic (exact) mass is 330 g/mol. The van der Waals surface area contributed by atoms with Crippen molar-refractivity contribution < 1.29 is 19.0 Å². The molecule has 3 rings (SSSR count). The molecule has 0 unspecified atom stereocenters. The molecule has 0 spiro atoms. The minimum Gasteiger partial charge on any atom is -0.481 e. The van der Waals surface area contributed by atoms with E-state index in [1.807, 2.05) is 25.1 Å². The number of amides is 1. The molecule has 3 heterocycles. The topological polar surface area (TPSA) is 78.3 Å². The maximum absolute atomic E-state index is 11.8. The SMILES string of the molecule is CCn1c(-c2cccnc2OC)cc2cc(NC(=O)OF)ncc21. The minimum atomic E-state index is -1.22. The molecule has 0 aliphatic rings. The van der Waals surface area contributed by atoms with Crippen LogP contribution < -0.4 is 10.1 Å². The van der Waals surface area contributed by atoms with Crippen molar-refractivity contribution in [1.29, 1.82) is 0 Å². The number of nitrogens with one attached hydrogen (secondary N) is 1. The maximum atomic E-state index is 11.8. The van der Waals surface area contributed by atoms with Crippen LogP contribution in [0.2, 0.25) is 0 Å². The zero-order valence-electron chi connectivity index (χ0n) is 13.1. The lowest BCUT2D eigenvalue weighted by atomic mass is 10.2. The first-order chi connectivity index (χ1) is 11.7. The summed E-state index contributed by atoms with van der Waals surface area (Å²) in [7, 11) is 1.57. The fraction of sp³-hybridized carbons (Fsp3) is 0.188. The Bertz CT molecular complexity index is 894. The van der Waals surface area contributed by atoms with Gasteiger partial charge in [0, 0.05) is 22.7 Å². The molecule has 0 saturated heterocycles. The predicted molar refractivity (Wildman–Crippen MR) is 86.4 cm³/mol. The predicted octanol–water partition coefficient (Wildman–Crippen LogP) is 3.56. The first-order valence-corrected chi connectivity index (χ1v) is 7.26. The largest absolute Gasteiger partial charge is 0.481 e. The third kappa shape index (κ3) is 2.73. The number of anilines is 1. The highest BCUT2D eigenvalue weighted by Gasteiger charge is 2.15. The van der Waals surface area contributed by atoms with Gasteiger partial charge in [-0.3, -0.25) is 5.32 Å². The summed E-state index contributed by atoms with van der Waals surface area (Å²) in [6.07, 6.45) is 2.05. The number of rotatable bonds is 4. The molecule has 0 saturated carbocycles. The standard InChI is InChI=1S/C16H15FN4O3/c1-3-21-12(11-5-4-6-18-15(11)23-2)7-10-8-14(19-9-13(10)21)20-16(22)24-17/h4-9H,3H2,1-2H3,(H,19,20,22). The number of carbonyl (C=O) groups excluding carboxylic acids is 1. The molecule has 8 heteroatoms. The van der Waals surface area contributed by atoms with Gasteiger partial charge >= 0.3 is 6.09 Å². The van der Waals surface area contributed by atoms with E-state index in [1.165, 1.54) is 0 Å². The van der Waals surface area contributed by atoms with Gasteiger partial charge in [0.1, 0.15) is 5.82 Å². The number of halogens is 1. The van der Waals surface area contributed by atoms with Crippen LogP contribution in [0.15, 0.2) is 36.7 Å². The number of hydrogen-bond donors (Lipinski definition) is 1. The van der Waals surface area contributed by atoms with Crippen LogP contribution in [-0.4, -0.2) is 27.7 Å². The van der Waals surface area contributed by atoms with Crippen LogP contribution in [0.1, 0.15) is 6.92 Å². The second-order valence-electron chi connectivity index (χ2n) is 4.95. The number of ether oxygens (including phenoxy) is 1. The molecule has 0 aromatic carbocycles. The molecule has 1 N–H and O–H groups in total. The molecule has 24 heavy (non-hydrogen) atoms. The van der Waals surface area contributed by atoms with Crippen LogP contribution in [0.4, 0.5) is 15.1 Å². The van der Waals surface area contributed by atoms with Crippen molar-refractivity contribution in [3.8, 4) is 17.1 Å². The Hall–Kier alpha value is -3.16. The summed E-state index contributed by atoms with van der Waals surface area (Å²) in [4.78, 5) is 22.4. The molecule has 3 aromatic rings. The number of nitrogens with zero attached hydrogens (tertiary/aromatic N) is 3. The van der Waals surface area contributed by atoms with Gasteiger partial charge in [0.25, 0.3) is 0 Å². The van der Waals surface area contributed by atoms with Gasteiger partial charge in [0.15, 0.2) is 0 Å². The second-order valence-corrected chi connectivity index (χ2v) is 4.95. The Morgan fingerprint density at radius 3 is 2.92 bits per heavy atom. The van der Waals surface area contributed by atoms with Gasteiger partial charge in [-0.05, 0) is 31.2 Å². The summed E-state index contributed by atoms with van der Waals surface area (Å²) in [5.74, 6) is 0.713. The number of pyridine rings is 2. The molecule has 3 aromatic heterocycles. The highest BCUT2D eigenvalue weighted by Crippen LogP contribution is 2.33. The van der Waals surface area contributed by atoms with Gasteiger partial charge in [0.05, 0.1) is 30.1 Å². The molecular formula is C16H15FN4O3. The highest BCUT2D eigenvalue weighted by atomic mass is 19.3. The van der Waals surface area contributed by atoms with Crippen molar-refractivity contribution in [2.24, 2.45) is 0 Å². The van der Waals surface area contributed by atoms with Crippen molar-refractivity contribution in [2.75, 3.05) is 12.4 Å². The first-order valence-electron chi connectivity index (χ1n) is 7.26. The molecule has 0 radical (unpaired) electrons. The van der Waals surface area contributed by atoms with Gasteiger partial charge in [-0.25, -0.2) is 19.7 Å². The summed E-state index contributed by atoms with van der Waals surface area (Å²) in [5.41, 5.74) is 2.62. The summed E-state index contributed by atoms with van der Waals surface area (Å²) in [6.45, 7) is 2.72. The van der Waals surface area contributed by atoms with Gasteiger partial charge in [0.2, 0.25) is 5.88 Å². The number of aromatic nitrogens is 3. The van der Waals surface area contributed by atoms with Crippen LogP contribution in [0.5, 0.6) is 5.88 Å². The lowest BCUT2D eigenvalue weighted by molar-refractivity contribution is -0.0544. The Labute approximate surface area is 136 Å². The summed E-state index contributed by atoms with van der Waals surface area (Å²) in [6, 6.07) is 7.33.